The fourth-order valence-corrected chi connectivity index (χ4v) is 0.912. The van der Waals surface area contributed by atoms with Crippen molar-refractivity contribution < 1.29 is 19.4 Å². The van der Waals surface area contributed by atoms with E-state index < -0.39 is 6.09 Å². The molecule has 2 N–H and O–H groups in total. The van der Waals surface area contributed by atoms with Gasteiger partial charge in [-0.15, -0.1) is 0 Å². The quantitative estimate of drug-likeness (QED) is 0.657. The van der Waals surface area contributed by atoms with E-state index in [9.17, 15) is 4.79 Å². The number of carbonyl (C=O) groups excluding carboxylic acids is 1. The number of hydrogen-bond acceptors (Lipinski definition) is 4. The summed E-state index contributed by atoms with van der Waals surface area (Å²) >= 11 is 0. The Bertz CT molecular complexity index is 161. The number of aliphatic hydroxyl groups is 1. The van der Waals surface area contributed by atoms with E-state index in [1.54, 1.807) is 7.11 Å². The molecular formula is C9H19NO4. The van der Waals surface area contributed by atoms with Crippen LogP contribution in [-0.2, 0) is 9.47 Å². The summed E-state index contributed by atoms with van der Waals surface area (Å²) in [6.07, 6.45) is -0.519. The van der Waals surface area contributed by atoms with Crippen molar-refractivity contribution in [2.75, 3.05) is 26.9 Å². The zero-order valence-corrected chi connectivity index (χ0v) is 8.95. The molecule has 0 aromatic carbocycles. The lowest BCUT2D eigenvalue weighted by Gasteiger charge is -2.20. The zero-order valence-electron chi connectivity index (χ0n) is 8.95. The Labute approximate surface area is 84.4 Å². The van der Waals surface area contributed by atoms with Crippen LogP contribution < -0.4 is 5.32 Å². The van der Waals surface area contributed by atoms with Crippen molar-refractivity contribution in [1.82, 2.24) is 5.32 Å². The Balaban J connectivity index is 3.83. The molecule has 0 aliphatic carbocycles. The molecule has 0 aromatic heterocycles. The largest absolute Gasteiger partial charge is 0.447 e. The molecule has 5 heteroatoms. The van der Waals surface area contributed by atoms with Gasteiger partial charge in [0.15, 0.2) is 0 Å². The molecular weight excluding hydrogens is 186 g/mol. The summed E-state index contributed by atoms with van der Waals surface area (Å²) in [5, 5.41) is 11.1. The first kappa shape index (κ1) is 13.2. The Morgan fingerprint density at radius 2 is 2.14 bits per heavy atom. The van der Waals surface area contributed by atoms with Gasteiger partial charge in [0.1, 0.15) is 6.61 Å². The van der Waals surface area contributed by atoms with Crippen LogP contribution in [0.4, 0.5) is 4.79 Å². The highest BCUT2D eigenvalue weighted by molar-refractivity contribution is 5.67. The molecule has 0 heterocycles. The maximum absolute atomic E-state index is 11.1. The molecule has 0 radical (unpaired) electrons. The summed E-state index contributed by atoms with van der Waals surface area (Å²) in [6, 6.07) is -0.0637. The minimum Gasteiger partial charge on any atom is -0.447 e. The van der Waals surface area contributed by atoms with Gasteiger partial charge in [-0.05, 0) is 5.92 Å². The van der Waals surface area contributed by atoms with E-state index in [0.717, 1.165) is 0 Å². The van der Waals surface area contributed by atoms with Crippen LogP contribution in [0.5, 0.6) is 0 Å². The molecule has 0 aliphatic heterocycles. The van der Waals surface area contributed by atoms with Gasteiger partial charge in [-0.2, -0.15) is 0 Å². The second-order valence-corrected chi connectivity index (χ2v) is 3.31. The average molecular weight is 205 g/mol. The number of carbonyl (C=O) groups is 1. The van der Waals surface area contributed by atoms with E-state index in [-0.39, 0.29) is 25.2 Å². The summed E-state index contributed by atoms with van der Waals surface area (Å²) in [5.74, 6) is 0.275. The Hall–Kier alpha value is -0.810. The minimum atomic E-state index is -0.519. The topological polar surface area (TPSA) is 67.8 Å². The van der Waals surface area contributed by atoms with E-state index in [2.05, 4.69) is 10.1 Å². The Kier molecular flexibility index (Phi) is 7.14. The van der Waals surface area contributed by atoms with Gasteiger partial charge >= 0.3 is 6.09 Å². The SMILES string of the molecule is COCC(NC(=O)OCCO)C(C)C. The zero-order chi connectivity index (χ0) is 11.0. The molecule has 14 heavy (non-hydrogen) atoms. The fourth-order valence-electron chi connectivity index (χ4n) is 0.912. The van der Waals surface area contributed by atoms with Gasteiger partial charge < -0.3 is 19.9 Å². The monoisotopic (exact) mass is 205 g/mol. The third kappa shape index (κ3) is 5.77. The van der Waals surface area contributed by atoms with Gasteiger partial charge in [0.2, 0.25) is 0 Å². The Morgan fingerprint density at radius 3 is 2.57 bits per heavy atom. The number of methoxy groups -OCH3 is 1. The lowest BCUT2D eigenvalue weighted by atomic mass is 10.1. The number of rotatable bonds is 6. The van der Waals surface area contributed by atoms with E-state index in [1.165, 1.54) is 0 Å². The minimum absolute atomic E-state index is 0.0175. The van der Waals surface area contributed by atoms with Crippen LogP contribution >= 0.6 is 0 Å². The number of ether oxygens (including phenoxy) is 2. The molecule has 0 saturated carbocycles. The van der Waals surface area contributed by atoms with E-state index in [0.29, 0.717) is 6.61 Å². The summed E-state index contributed by atoms with van der Waals surface area (Å²) < 4.78 is 9.61. The van der Waals surface area contributed by atoms with Crippen LogP contribution in [-0.4, -0.2) is 44.2 Å². The smallest absolute Gasteiger partial charge is 0.407 e. The maximum atomic E-state index is 11.1. The highest BCUT2D eigenvalue weighted by atomic mass is 16.6. The van der Waals surface area contributed by atoms with Gasteiger partial charge in [0.05, 0.1) is 19.3 Å². The molecule has 1 atom stereocenters. The van der Waals surface area contributed by atoms with E-state index >= 15 is 0 Å². The summed E-state index contributed by atoms with van der Waals surface area (Å²) in [6.45, 7) is 4.27. The lowest BCUT2D eigenvalue weighted by Crippen LogP contribution is -2.42. The first-order chi connectivity index (χ1) is 6.61. The fraction of sp³-hybridized carbons (Fsp3) is 0.889. The van der Waals surface area contributed by atoms with Crippen LogP contribution in [0.3, 0.4) is 0 Å². The number of amides is 1. The molecule has 84 valence electrons. The molecule has 0 fully saturated rings. The van der Waals surface area contributed by atoms with Crippen molar-refractivity contribution in [2.24, 2.45) is 5.92 Å². The molecule has 0 aliphatic rings. The van der Waals surface area contributed by atoms with Crippen molar-refractivity contribution in [3.8, 4) is 0 Å². The van der Waals surface area contributed by atoms with Gasteiger partial charge in [0.25, 0.3) is 0 Å². The molecule has 0 saturated heterocycles. The highest BCUT2D eigenvalue weighted by Gasteiger charge is 2.16. The molecule has 0 rings (SSSR count). The van der Waals surface area contributed by atoms with Crippen molar-refractivity contribution in [3.05, 3.63) is 0 Å². The molecule has 1 amide bonds. The number of alkyl carbamates (subject to hydrolysis) is 1. The standard InChI is InChI=1S/C9H19NO4/c1-7(2)8(6-13-3)10-9(12)14-5-4-11/h7-8,11H,4-6H2,1-3H3,(H,10,12). The number of aliphatic hydroxyl groups excluding tert-OH is 1. The van der Waals surface area contributed by atoms with Gasteiger partial charge in [0, 0.05) is 7.11 Å². The van der Waals surface area contributed by atoms with Gasteiger partial charge in [-0.1, -0.05) is 13.8 Å². The van der Waals surface area contributed by atoms with E-state index in [4.69, 9.17) is 9.84 Å². The third-order valence-corrected chi connectivity index (χ3v) is 1.78. The van der Waals surface area contributed by atoms with Crippen molar-refractivity contribution >= 4 is 6.09 Å². The first-order valence-electron chi connectivity index (χ1n) is 4.65. The summed E-state index contributed by atoms with van der Waals surface area (Å²) in [5.41, 5.74) is 0. The van der Waals surface area contributed by atoms with Crippen molar-refractivity contribution in [3.63, 3.8) is 0 Å². The van der Waals surface area contributed by atoms with Crippen molar-refractivity contribution in [1.29, 1.82) is 0 Å². The lowest BCUT2D eigenvalue weighted by molar-refractivity contribution is 0.100. The summed E-state index contributed by atoms with van der Waals surface area (Å²) in [7, 11) is 1.58. The number of nitrogens with one attached hydrogen (secondary N) is 1. The molecule has 1 unspecified atom stereocenters. The van der Waals surface area contributed by atoms with E-state index in [1.807, 2.05) is 13.8 Å². The van der Waals surface area contributed by atoms with Crippen LogP contribution in [0.15, 0.2) is 0 Å². The van der Waals surface area contributed by atoms with Gasteiger partial charge in [-0.25, -0.2) is 4.79 Å². The number of hydrogen-bond donors (Lipinski definition) is 2. The van der Waals surface area contributed by atoms with Crippen molar-refractivity contribution in [2.45, 2.75) is 19.9 Å². The predicted octanol–water partition coefficient (Wildman–Crippen LogP) is 0.376. The molecule has 0 aromatic rings. The Morgan fingerprint density at radius 1 is 1.50 bits per heavy atom. The third-order valence-electron chi connectivity index (χ3n) is 1.78. The normalized spacial score (nSPS) is 12.6. The van der Waals surface area contributed by atoms with Crippen LogP contribution in [0, 0.1) is 5.92 Å². The van der Waals surface area contributed by atoms with Crippen LogP contribution in [0.25, 0.3) is 0 Å². The second kappa shape index (κ2) is 7.58. The molecule has 0 spiro atoms. The predicted molar refractivity (Wildman–Crippen MR) is 52.1 cm³/mol. The average Bonchev–Trinajstić information content (AvgIpc) is 2.14. The molecule has 0 bridgehead atoms. The van der Waals surface area contributed by atoms with Crippen LogP contribution in [0.1, 0.15) is 13.8 Å². The highest BCUT2D eigenvalue weighted by Crippen LogP contribution is 2.01. The second-order valence-electron chi connectivity index (χ2n) is 3.31. The maximum Gasteiger partial charge on any atom is 0.407 e. The molecule has 5 nitrogen and oxygen atoms in total. The van der Waals surface area contributed by atoms with Gasteiger partial charge in [-0.3, -0.25) is 0 Å². The van der Waals surface area contributed by atoms with Crippen LogP contribution in [0.2, 0.25) is 0 Å². The first-order valence-corrected chi connectivity index (χ1v) is 4.65. The summed E-state index contributed by atoms with van der Waals surface area (Å²) in [4.78, 5) is 11.1.